The monoisotopic (exact) mass is 532 g/mol. The van der Waals surface area contributed by atoms with Gasteiger partial charge in [0, 0.05) is 30.0 Å². The van der Waals surface area contributed by atoms with Crippen molar-refractivity contribution in [2.75, 3.05) is 26.3 Å². The highest BCUT2D eigenvalue weighted by Crippen LogP contribution is 2.65. The van der Waals surface area contributed by atoms with E-state index in [9.17, 15) is 19.5 Å². The molecule has 7 nitrogen and oxygen atoms in total. The van der Waals surface area contributed by atoms with Crippen LogP contribution in [0.4, 0.5) is 0 Å². The molecule has 4 aliphatic rings. The van der Waals surface area contributed by atoms with Crippen molar-refractivity contribution < 1.29 is 24.2 Å². The van der Waals surface area contributed by atoms with E-state index in [1.54, 1.807) is 16.7 Å². The Morgan fingerprint density at radius 1 is 1.05 bits per heavy atom. The number of esters is 1. The number of thioether (sulfide) groups is 1. The standard InChI is InChI=1S/C29H44N2O5S/c1-26(2,3)19-27(4,5)31-16-11-14-29-20(23(33)30(15-12-17-32)22(29)24(31)34)21-25(35)36-18-10-8-7-9-13-28(21,6)37-29/h9,11,13-14,20-22,32H,7-8,10,12,15-19H2,1-6H3/b13-9-/t20-,21+,22?,28-,29-/m0/s1. The summed E-state index contributed by atoms with van der Waals surface area (Å²) in [5.74, 6) is -2.00. The summed E-state index contributed by atoms with van der Waals surface area (Å²) in [5, 5.41) is 9.60. The lowest BCUT2D eigenvalue weighted by atomic mass is 9.74. The summed E-state index contributed by atoms with van der Waals surface area (Å²) in [5.41, 5.74) is -0.423. The average Bonchev–Trinajstić information content (AvgIpc) is 3.10. The molecule has 1 N–H and O–H groups in total. The van der Waals surface area contributed by atoms with E-state index in [1.165, 1.54) is 0 Å². The summed E-state index contributed by atoms with van der Waals surface area (Å²) >= 11 is 1.58. The van der Waals surface area contributed by atoms with E-state index in [1.807, 2.05) is 24.0 Å². The van der Waals surface area contributed by atoms with Crippen molar-refractivity contribution in [2.45, 2.75) is 94.7 Å². The number of likely N-dealkylation sites (tertiary alicyclic amines) is 1. The first-order valence-corrected chi connectivity index (χ1v) is 14.5. The van der Waals surface area contributed by atoms with Crippen molar-refractivity contribution in [3.8, 4) is 0 Å². The highest BCUT2D eigenvalue weighted by Gasteiger charge is 2.74. The highest BCUT2D eigenvalue weighted by molar-refractivity contribution is 8.02. The molecule has 0 radical (unpaired) electrons. The van der Waals surface area contributed by atoms with Crippen LogP contribution in [0.2, 0.25) is 0 Å². The maximum absolute atomic E-state index is 14.5. The number of fused-ring (bicyclic) bond motifs is 2. The SMILES string of the molecule is CC(C)(C)CC(C)(C)N1CC=C[C@]23S[C@@]4(C)/C=C\CCCCOC(=O)[C@H]4[C@H]2C(=O)N(CCCO)C3C1=O. The lowest BCUT2D eigenvalue weighted by molar-refractivity contribution is -0.154. The number of allylic oxidation sites excluding steroid dienone is 1. The van der Waals surface area contributed by atoms with Crippen LogP contribution in [0.15, 0.2) is 24.3 Å². The summed E-state index contributed by atoms with van der Waals surface area (Å²) in [6, 6.07) is -0.741. The van der Waals surface area contributed by atoms with Crippen LogP contribution in [0.3, 0.4) is 0 Å². The van der Waals surface area contributed by atoms with Gasteiger partial charge >= 0.3 is 5.97 Å². The van der Waals surface area contributed by atoms with Crippen LogP contribution in [-0.2, 0) is 19.1 Å². The molecule has 4 aliphatic heterocycles. The summed E-state index contributed by atoms with van der Waals surface area (Å²) in [7, 11) is 0. The summed E-state index contributed by atoms with van der Waals surface area (Å²) < 4.78 is 4.17. The van der Waals surface area contributed by atoms with Crippen molar-refractivity contribution in [1.82, 2.24) is 9.80 Å². The molecule has 0 aromatic rings. The number of amides is 2. The van der Waals surface area contributed by atoms with E-state index in [0.29, 0.717) is 19.6 Å². The van der Waals surface area contributed by atoms with Crippen molar-refractivity contribution in [1.29, 1.82) is 0 Å². The lowest BCUT2D eigenvalue weighted by Crippen LogP contribution is -2.58. The predicted molar refractivity (Wildman–Crippen MR) is 146 cm³/mol. The van der Waals surface area contributed by atoms with Crippen LogP contribution in [0, 0.1) is 17.3 Å². The average molecular weight is 533 g/mol. The fraction of sp³-hybridized carbons (Fsp3) is 0.759. The van der Waals surface area contributed by atoms with E-state index in [2.05, 4.69) is 46.8 Å². The smallest absolute Gasteiger partial charge is 0.311 e. The molecule has 0 bridgehead atoms. The van der Waals surface area contributed by atoms with E-state index in [4.69, 9.17) is 4.74 Å². The summed E-state index contributed by atoms with van der Waals surface area (Å²) in [4.78, 5) is 45.8. The van der Waals surface area contributed by atoms with Gasteiger partial charge in [-0.3, -0.25) is 14.4 Å². The van der Waals surface area contributed by atoms with E-state index in [0.717, 1.165) is 25.7 Å². The molecule has 2 fully saturated rings. The molecule has 2 amide bonds. The van der Waals surface area contributed by atoms with Crippen LogP contribution in [0.5, 0.6) is 0 Å². The maximum atomic E-state index is 14.5. The maximum Gasteiger partial charge on any atom is 0.311 e. The van der Waals surface area contributed by atoms with Crippen LogP contribution in [0.25, 0.3) is 0 Å². The number of nitrogens with zero attached hydrogens (tertiary/aromatic N) is 2. The van der Waals surface area contributed by atoms with Gasteiger partial charge < -0.3 is 19.6 Å². The Morgan fingerprint density at radius 2 is 1.78 bits per heavy atom. The fourth-order valence-corrected chi connectivity index (χ4v) is 9.37. The molecule has 4 heterocycles. The Kier molecular flexibility index (Phi) is 7.67. The molecule has 0 aliphatic carbocycles. The normalized spacial score (nSPS) is 35.5. The number of carbonyl (C=O) groups is 3. The summed E-state index contributed by atoms with van der Waals surface area (Å²) in [6.07, 6.45) is 12.1. The van der Waals surface area contributed by atoms with Crippen molar-refractivity contribution in [3.63, 3.8) is 0 Å². The topological polar surface area (TPSA) is 87.2 Å². The minimum absolute atomic E-state index is 0.00862. The number of cyclic esters (lactones) is 1. The van der Waals surface area contributed by atoms with Crippen molar-refractivity contribution in [3.05, 3.63) is 24.3 Å². The number of rotatable bonds is 5. The second-order valence-electron chi connectivity index (χ2n) is 13.1. The minimum atomic E-state index is -0.882. The fourth-order valence-electron chi connectivity index (χ4n) is 7.22. The van der Waals surface area contributed by atoms with Crippen LogP contribution in [-0.4, -0.2) is 80.1 Å². The first kappa shape index (κ1) is 28.2. The van der Waals surface area contributed by atoms with E-state index >= 15 is 0 Å². The highest BCUT2D eigenvalue weighted by atomic mass is 32.2. The van der Waals surface area contributed by atoms with Gasteiger partial charge in [-0.15, -0.1) is 11.8 Å². The van der Waals surface area contributed by atoms with Gasteiger partial charge in [-0.1, -0.05) is 45.1 Å². The first-order chi connectivity index (χ1) is 17.3. The van der Waals surface area contributed by atoms with Gasteiger partial charge in [0.1, 0.15) is 6.04 Å². The van der Waals surface area contributed by atoms with Crippen LogP contribution >= 0.6 is 11.8 Å². The van der Waals surface area contributed by atoms with Gasteiger partial charge in [0.15, 0.2) is 0 Å². The molecule has 8 heteroatoms. The van der Waals surface area contributed by atoms with E-state index in [-0.39, 0.29) is 36.4 Å². The van der Waals surface area contributed by atoms with E-state index < -0.39 is 32.9 Å². The molecular formula is C29H44N2O5S. The van der Waals surface area contributed by atoms with Gasteiger partial charge in [0.05, 0.1) is 23.2 Å². The third kappa shape index (κ3) is 5.00. The summed E-state index contributed by atoms with van der Waals surface area (Å²) in [6.45, 7) is 13.7. The molecule has 206 valence electrons. The zero-order valence-electron chi connectivity index (χ0n) is 23.3. The Balaban J connectivity index is 1.83. The second kappa shape index (κ2) is 10.1. The lowest BCUT2D eigenvalue weighted by Gasteiger charge is -2.44. The molecule has 5 atom stereocenters. The Morgan fingerprint density at radius 3 is 2.46 bits per heavy atom. The third-order valence-corrected chi connectivity index (χ3v) is 10.0. The van der Waals surface area contributed by atoms with Gasteiger partial charge in [-0.2, -0.15) is 0 Å². The zero-order valence-corrected chi connectivity index (χ0v) is 24.1. The van der Waals surface area contributed by atoms with Crippen molar-refractivity contribution >= 4 is 29.5 Å². The quantitative estimate of drug-likeness (QED) is 0.426. The van der Waals surface area contributed by atoms with Gasteiger partial charge in [0.25, 0.3) is 0 Å². The van der Waals surface area contributed by atoms with Crippen LogP contribution < -0.4 is 0 Å². The molecule has 37 heavy (non-hydrogen) atoms. The number of ether oxygens (including phenoxy) is 1. The Labute approximate surface area is 226 Å². The molecule has 0 aromatic heterocycles. The minimum Gasteiger partial charge on any atom is -0.465 e. The van der Waals surface area contributed by atoms with Crippen molar-refractivity contribution in [2.24, 2.45) is 17.3 Å². The number of hydrogen-bond donors (Lipinski definition) is 1. The number of carbonyl (C=O) groups excluding carboxylic acids is 3. The molecule has 1 unspecified atom stereocenters. The molecule has 4 rings (SSSR count). The van der Waals surface area contributed by atoms with Crippen LogP contribution in [0.1, 0.15) is 73.6 Å². The van der Waals surface area contributed by atoms with Gasteiger partial charge in [-0.25, -0.2) is 0 Å². The second-order valence-corrected chi connectivity index (χ2v) is 14.9. The predicted octanol–water partition coefficient (Wildman–Crippen LogP) is 3.95. The van der Waals surface area contributed by atoms with Gasteiger partial charge in [-0.05, 0) is 58.3 Å². The molecule has 2 saturated heterocycles. The molecule has 1 spiro atoms. The third-order valence-electron chi connectivity index (χ3n) is 8.25. The first-order valence-electron chi connectivity index (χ1n) is 13.7. The largest absolute Gasteiger partial charge is 0.465 e. The Hall–Kier alpha value is -1.80. The van der Waals surface area contributed by atoms with Gasteiger partial charge in [0.2, 0.25) is 11.8 Å². The number of aliphatic hydroxyl groups excluding tert-OH is 1. The molecule has 0 saturated carbocycles. The Bertz CT molecular complexity index is 985. The molecule has 0 aromatic carbocycles. The zero-order chi connectivity index (χ0) is 27.2. The number of hydrogen-bond acceptors (Lipinski definition) is 6. The molecular weight excluding hydrogens is 488 g/mol. The number of aliphatic hydroxyl groups is 1.